The topological polar surface area (TPSA) is 35.2 Å². The van der Waals surface area contributed by atoms with Gasteiger partial charge in [0.1, 0.15) is 5.75 Å². The van der Waals surface area contributed by atoms with E-state index in [9.17, 15) is 8.78 Å². The minimum Gasteiger partial charge on any atom is -0.496 e. The maximum absolute atomic E-state index is 13.4. The first-order chi connectivity index (χ1) is 10.0. The van der Waals surface area contributed by atoms with Crippen molar-refractivity contribution >= 4 is 11.6 Å². The SMILES string of the molecule is COc1ccc(Cl)cc1CC(CN)c1ccc(F)c(F)c1. The van der Waals surface area contributed by atoms with E-state index in [1.807, 2.05) is 0 Å². The van der Waals surface area contributed by atoms with Gasteiger partial charge in [-0.1, -0.05) is 17.7 Å². The number of rotatable bonds is 5. The molecule has 0 aliphatic rings. The number of hydrogen-bond acceptors (Lipinski definition) is 2. The Hall–Kier alpha value is -1.65. The van der Waals surface area contributed by atoms with Crippen LogP contribution < -0.4 is 10.5 Å². The van der Waals surface area contributed by atoms with E-state index in [1.54, 1.807) is 31.4 Å². The average molecular weight is 312 g/mol. The molecule has 112 valence electrons. The molecule has 1 atom stereocenters. The molecule has 0 radical (unpaired) electrons. The molecule has 0 spiro atoms. The van der Waals surface area contributed by atoms with E-state index in [0.717, 1.165) is 11.6 Å². The van der Waals surface area contributed by atoms with Crippen molar-refractivity contribution in [2.45, 2.75) is 12.3 Å². The van der Waals surface area contributed by atoms with E-state index < -0.39 is 11.6 Å². The fraction of sp³-hybridized carbons (Fsp3) is 0.250. The average Bonchev–Trinajstić information content (AvgIpc) is 2.48. The predicted octanol–water partition coefficient (Wildman–Crippen LogP) is 3.91. The van der Waals surface area contributed by atoms with E-state index >= 15 is 0 Å². The van der Waals surface area contributed by atoms with Crippen LogP contribution >= 0.6 is 11.6 Å². The highest BCUT2D eigenvalue weighted by Gasteiger charge is 2.16. The summed E-state index contributed by atoms with van der Waals surface area (Å²) in [6, 6.07) is 9.15. The molecule has 2 aromatic rings. The van der Waals surface area contributed by atoms with Gasteiger partial charge in [0.25, 0.3) is 0 Å². The lowest BCUT2D eigenvalue weighted by atomic mass is 9.91. The lowest BCUT2D eigenvalue weighted by Crippen LogP contribution is -2.16. The molecular weight excluding hydrogens is 296 g/mol. The van der Waals surface area contributed by atoms with Gasteiger partial charge >= 0.3 is 0 Å². The van der Waals surface area contributed by atoms with E-state index in [0.29, 0.717) is 29.3 Å². The summed E-state index contributed by atoms with van der Waals surface area (Å²) in [7, 11) is 1.57. The maximum Gasteiger partial charge on any atom is 0.159 e. The second-order valence-corrected chi connectivity index (χ2v) is 5.20. The van der Waals surface area contributed by atoms with Crippen LogP contribution in [0.15, 0.2) is 36.4 Å². The number of halogens is 3. The van der Waals surface area contributed by atoms with Gasteiger partial charge in [-0.25, -0.2) is 8.78 Å². The van der Waals surface area contributed by atoms with Crippen molar-refractivity contribution in [2.75, 3.05) is 13.7 Å². The second-order valence-electron chi connectivity index (χ2n) is 4.77. The highest BCUT2D eigenvalue weighted by molar-refractivity contribution is 6.30. The molecule has 0 fully saturated rings. The summed E-state index contributed by atoms with van der Waals surface area (Å²) < 4.78 is 31.7. The van der Waals surface area contributed by atoms with Crippen LogP contribution in [0.4, 0.5) is 8.78 Å². The fourth-order valence-corrected chi connectivity index (χ4v) is 2.47. The molecule has 2 nitrogen and oxygen atoms in total. The molecule has 1 unspecified atom stereocenters. The van der Waals surface area contributed by atoms with Gasteiger partial charge in [0.2, 0.25) is 0 Å². The van der Waals surface area contributed by atoms with E-state index in [2.05, 4.69) is 0 Å². The zero-order valence-corrected chi connectivity index (χ0v) is 12.3. The van der Waals surface area contributed by atoms with Gasteiger partial charge in [0.05, 0.1) is 7.11 Å². The van der Waals surface area contributed by atoms with Crippen molar-refractivity contribution in [1.82, 2.24) is 0 Å². The van der Waals surface area contributed by atoms with Crippen LogP contribution in [0.3, 0.4) is 0 Å². The molecule has 0 heterocycles. The highest BCUT2D eigenvalue weighted by Crippen LogP contribution is 2.29. The monoisotopic (exact) mass is 311 g/mol. The number of ether oxygens (including phenoxy) is 1. The maximum atomic E-state index is 13.4. The Morgan fingerprint density at radius 3 is 2.52 bits per heavy atom. The van der Waals surface area contributed by atoms with Crippen LogP contribution in [0, 0.1) is 11.6 Å². The first-order valence-corrected chi connectivity index (χ1v) is 6.90. The number of benzene rings is 2. The van der Waals surface area contributed by atoms with Gasteiger partial charge in [0.15, 0.2) is 11.6 Å². The van der Waals surface area contributed by atoms with Gasteiger partial charge in [-0.15, -0.1) is 0 Å². The standard InChI is InChI=1S/C16H16ClF2NO/c1-21-16-5-3-13(17)7-11(16)6-12(9-20)10-2-4-14(18)15(19)8-10/h2-5,7-8,12H,6,9,20H2,1H3. The first kappa shape index (κ1) is 15.7. The predicted molar refractivity (Wildman–Crippen MR) is 79.9 cm³/mol. The van der Waals surface area contributed by atoms with Crippen molar-refractivity contribution < 1.29 is 13.5 Å². The Morgan fingerprint density at radius 1 is 1.14 bits per heavy atom. The molecule has 0 amide bonds. The second kappa shape index (κ2) is 6.87. The summed E-state index contributed by atoms with van der Waals surface area (Å²) in [6.45, 7) is 0.306. The van der Waals surface area contributed by atoms with Gasteiger partial charge in [-0.3, -0.25) is 0 Å². The van der Waals surface area contributed by atoms with Crippen LogP contribution in [0.5, 0.6) is 5.75 Å². The Morgan fingerprint density at radius 2 is 1.90 bits per heavy atom. The van der Waals surface area contributed by atoms with Crippen molar-refractivity contribution in [3.63, 3.8) is 0 Å². The van der Waals surface area contributed by atoms with E-state index in [1.165, 1.54) is 6.07 Å². The molecule has 0 aliphatic heterocycles. The van der Waals surface area contributed by atoms with Crippen LogP contribution in [0.1, 0.15) is 17.0 Å². The van der Waals surface area contributed by atoms with Crippen LogP contribution in [-0.4, -0.2) is 13.7 Å². The Kier molecular flexibility index (Phi) is 5.15. The first-order valence-electron chi connectivity index (χ1n) is 6.52. The Bertz CT molecular complexity index is 634. The smallest absolute Gasteiger partial charge is 0.159 e. The molecule has 2 N–H and O–H groups in total. The quantitative estimate of drug-likeness (QED) is 0.908. The zero-order chi connectivity index (χ0) is 15.4. The summed E-state index contributed by atoms with van der Waals surface area (Å²) in [5, 5.41) is 0.590. The fourth-order valence-electron chi connectivity index (χ4n) is 2.28. The van der Waals surface area contributed by atoms with Crippen LogP contribution in [-0.2, 0) is 6.42 Å². The third kappa shape index (κ3) is 3.71. The summed E-state index contributed by atoms with van der Waals surface area (Å²) in [6.07, 6.45) is 0.533. The molecule has 0 bridgehead atoms. The van der Waals surface area contributed by atoms with E-state index in [4.69, 9.17) is 22.1 Å². The largest absolute Gasteiger partial charge is 0.496 e. The molecule has 0 aliphatic carbocycles. The lowest BCUT2D eigenvalue weighted by Gasteiger charge is -2.17. The molecule has 21 heavy (non-hydrogen) atoms. The minimum atomic E-state index is -0.871. The van der Waals surface area contributed by atoms with Crippen LogP contribution in [0.2, 0.25) is 5.02 Å². The summed E-state index contributed by atoms with van der Waals surface area (Å²) in [4.78, 5) is 0. The van der Waals surface area contributed by atoms with Gasteiger partial charge in [0, 0.05) is 10.9 Å². The number of methoxy groups -OCH3 is 1. The van der Waals surface area contributed by atoms with Gasteiger partial charge in [-0.05, 0) is 54.4 Å². The Labute approximate surface area is 127 Å². The summed E-state index contributed by atoms with van der Waals surface area (Å²) >= 11 is 6.00. The Balaban J connectivity index is 2.30. The summed E-state index contributed by atoms with van der Waals surface area (Å²) in [5.74, 6) is -1.19. The molecule has 0 saturated heterocycles. The normalized spacial score (nSPS) is 12.2. The van der Waals surface area contributed by atoms with Crippen molar-refractivity contribution in [3.05, 3.63) is 64.2 Å². The van der Waals surface area contributed by atoms with Crippen molar-refractivity contribution in [3.8, 4) is 5.75 Å². The number of hydrogen-bond donors (Lipinski definition) is 1. The lowest BCUT2D eigenvalue weighted by molar-refractivity contribution is 0.408. The third-order valence-corrected chi connectivity index (χ3v) is 3.64. The molecular formula is C16H16ClF2NO. The molecule has 2 rings (SSSR count). The zero-order valence-electron chi connectivity index (χ0n) is 11.6. The van der Waals surface area contributed by atoms with Gasteiger partial charge in [-0.2, -0.15) is 0 Å². The minimum absolute atomic E-state index is 0.146. The third-order valence-electron chi connectivity index (χ3n) is 3.41. The van der Waals surface area contributed by atoms with Crippen molar-refractivity contribution in [2.24, 2.45) is 5.73 Å². The van der Waals surface area contributed by atoms with Crippen molar-refractivity contribution in [1.29, 1.82) is 0 Å². The highest BCUT2D eigenvalue weighted by atomic mass is 35.5. The molecule has 5 heteroatoms. The molecule has 0 aromatic heterocycles. The summed E-state index contributed by atoms with van der Waals surface area (Å²) in [5.41, 5.74) is 7.31. The van der Waals surface area contributed by atoms with Gasteiger partial charge < -0.3 is 10.5 Å². The molecule has 2 aromatic carbocycles. The number of nitrogens with two attached hydrogens (primary N) is 1. The molecule has 0 saturated carbocycles. The van der Waals surface area contributed by atoms with E-state index in [-0.39, 0.29) is 5.92 Å². The van der Waals surface area contributed by atoms with Crippen LogP contribution in [0.25, 0.3) is 0 Å².